The van der Waals surface area contributed by atoms with Crippen molar-refractivity contribution >= 4 is 22.1 Å². The zero-order chi connectivity index (χ0) is 18.4. The van der Waals surface area contributed by atoms with Crippen molar-refractivity contribution in [2.24, 2.45) is 0 Å². The zero-order valence-corrected chi connectivity index (χ0v) is 14.3. The van der Waals surface area contributed by atoms with E-state index in [1.54, 1.807) is 49.4 Å². The first-order chi connectivity index (χ1) is 11.8. The molecule has 2 aromatic rings. The molecule has 0 atom stereocenters. The average molecular weight is 363 g/mol. The fourth-order valence-corrected chi connectivity index (χ4v) is 3.26. The zero-order valence-electron chi connectivity index (χ0n) is 13.5. The lowest BCUT2D eigenvalue weighted by Gasteiger charge is -2.20. The molecule has 0 radical (unpaired) electrons. The normalized spacial score (nSPS) is 10.9. The second-order valence-corrected chi connectivity index (χ2v) is 7.12. The van der Waals surface area contributed by atoms with Crippen LogP contribution < -0.4 is 0 Å². The lowest BCUT2D eigenvalue weighted by molar-refractivity contribution is -0.137. The SMILES string of the molecule is Cc1ccc(S(=O)(=O)N(CC(=O)O)C(=O)OCc2ccccc2)cc1. The number of nitrogens with zero attached hydrogens (tertiary/aromatic N) is 1. The Kier molecular flexibility index (Phi) is 5.76. The Hall–Kier alpha value is -2.87. The highest BCUT2D eigenvalue weighted by molar-refractivity contribution is 7.89. The molecule has 0 fully saturated rings. The van der Waals surface area contributed by atoms with Crippen LogP contribution in [0.2, 0.25) is 0 Å². The minimum Gasteiger partial charge on any atom is -0.480 e. The Labute approximate surface area is 145 Å². The fourth-order valence-electron chi connectivity index (χ4n) is 2.00. The van der Waals surface area contributed by atoms with Crippen LogP contribution in [0.5, 0.6) is 0 Å². The van der Waals surface area contributed by atoms with Gasteiger partial charge in [0, 0.05) is 0 Å². The molecule has 0 aliphatic carbocycles. The number of rotatable bonds is 6. The van der Waals surface area contributed by atoms with Gasteiger partial charge in [-0.15, -0.1) is 0 Å². The fraction of sp³-hybridized carbons (Fsp3) is 0.176. The minimum absolute atomic E-state index is 0.167. The molecule has 1 N–H and O–H groups in total. The van der Waals surface area contributed by atoms with E-state index >= 15 is 0 Å². The van der Waals surface area contributed by atoms with Crippen molar-refractivity contribution in [2.75, 3.05) is 6.54 Å². The number of hydrogen-bond donors (Lipinski definition) is 1. The molecule has 0 saturated carbocycles. The number of hydrogen-bond acceptors (Lipinski definition) is 5. The number of carbonyl (C=O) groups excluding carboxylic acids is 1. The molecular formula is C17H17NO6S. The van der Waals surface area contributed by atoms with Gasteiger partial charge in [0.1, 0.15) is 13.2 Å². The maximum atomic E-state index is 12.6. The molecule has 0 saturated heterocycles. The van der Waals surface area contributed by atoms with Crippen LogP contribution >= 0.6 is 0 Å². The highest BCUT2D eigenvalue weighted by atomic mass is 32.2. The Morgan fingerprint density at radius 1 is 1.04 bits per heavy atom. The first-order valence-electron chi connectivity index (χ1n) is 7.32. The topological polar surface area (TPSA) is 101 Å². The molecule has 0 aromatic heterocycles. The van der Waals surface area contributed by atoms with Crippen LogP contribution in [-0.4, -0.2) is 36.4 Å². The lowest BCUT2D eigenvalue weighted by Crippen LogP contribution is -2.40. The van der Waals surface area contributed by atoms with Crippen molar-refractivity contribution in [3.8, 4) is 0 Å². The van der Waals surface area contributed by atoms with Gasteiger partial charge in [0.15, 0.2) is 0 Å². The smallest absolute Gasteiger partial charge is 0.424 e. The lowest BCUT2D eigenvalue weighted by atomic mass is 10.2. The van der Waals surface area contributed by atoms with E-state index in [9.17, 15) is 18.0 Å². The molecule has 2 rings (SSSR count). The van der Waals surface area contributed by atoms with E-state index in [2.05, 4.69) is 0 Å². The highest BCUT2D eigenvalue weighted by Gasteiger charge is 2.32. The van der Waals surface area contributed by atoms with Gasteiger partial charge in [0.05, 0.1) is 4.90 Å². The van der Waals surface area contributed by atoms with E-state index in [1.165, 1.54) is 12.1 Å². The summed E-state index contributed by atoms with van der Waals surface area (Å²) in [6, 6.07) is 14.4. The van der Waals surface area contributed by atoms with Crippen LogP contribution in [0.15, 0.2) is 59.5 Å². The first-order valence-corrected chi connectivity index (χ1v) is 8.76. The third-order valence-corrected chi connectivity index (χ3v) is 5.02. The molecule has 0 unspecified atom stereocenters. The predicted octanol–water partition coefficient (Wildman–Crippen LogP) is 2.41. The molecule has 25 heavy (non-hydrogen) atoms. The van der Waals surface area contributed by atoms with E-state index < -0.39 is 28.6 Å². The molecule has 2 aromatic carbocycles. The number of aliphatic carboxylic acids is 1. The molecule has 0 heterocycles. The first kappa shape index (κ1) is 18.5. The molecule has 0 spiro atoms. The summed E-state index contributed by atoms with van der Waals surface area (Å²) in [5.41, 5.74) is 1.48. The summed E-state index contributed by atoms with van der Waals surface area (Å²) in [5.74, 6) is -1.47. The molecule has 7 nitrogen and oxygen atoms in total. The molecule has 1 amide bonds. The summed E-state index contributed by atoms with van der Waals surface area (Å²) >= 11 is 0. The van der Waals surface area contributed by atoms with E-state index in [4.69, 9.17) is 9.84 Å². The van der Waals surface area contributed by atoms with Crippen LogP contribution in [0.3, 0.4) is 0 Å². The maximum Gasteiger partial charge on any atom is 0.424 e. The van der Waals surface area contributed by atoms with E-state index in [0.29, 0.717) is 5.56 Å². The van der Waals surface area contributed by atoms with Gasteiger partial charge in [0.25, 0.3) is 10.0 Å². The second-order valence-electron chi connectivity index (χ2n) is 5.26. The summed E-state index contributed by atoms with van der Waals surface area (Å²) < 4.78 is 30.4. The number of carboxylic acid groups (broad SMARTS) is 1. The van der Waals surface area contributed by atoms with E-state index in [1.807, 2.05) is 0 Å². The second kappa shape index (κ2) is 7.80. The van der Waals surface area contributed by atoms with Crippen molar-refractivity contribution in [2.45, 2.75) is 18.4 Å². The standard InChI is InChI=1S/C17H17NO6S/c1-13-7-9-15(10-8-13)25(22,23)18(11-16(19)20)17(21)24-12-14-5-3-2-4-6-14/h2-10H,11-12H2,1H3,(H,19,20). The number of carbonyl (C=O) groups is 2. The van der Waals surface area contributed by atoms with Crippen molar-refractivity contribution in [3.63, 3.8) is 0 Å². The third-order valence-electron chi connectivity index (χ3n) is 3.30. The number of sulfonamides is 1. The van der Waals surface area contributed by atoms with Crippen molar-refractivity contribution < 1.29 is 27.9 Å². The van der Waals surface area contributed by atoms with Gasteiger partial charge in [-0.25, -0.2) is 13.2 Å². The number of carboxylic acids is 1. The average Bonchev–Trinajstić information content (AvgIpc) is 2.58. The van der Waals surface area contributed by atoms with Gasteiger partial charge in [-0.1, -0.05) is 48.0 Å². The monoisotopic (exact) mass is 363 g/mol. The largest absolute Gasteiger partial charge is 0.480 e. The van der Waals surface area contributed by atoms with Gasteiger partial charge < -0.3 is 9.84 Å². The van der Waals surface area contributed by atoms with Gasteiger partial charge in [0.2, 0.25) is 0 Å². The molecular weight excluding hydrogens is 346 g/mol. The van der Waals surface area contributed by atoms with Crippen molar-refractivity contribution in [3.05, 3.63) is 65.7 Å². The van der Waals surface area contributed by atoms with Crippen molar-refractivity contribution in [1.29, 1.82) is 0 Å². The summed E-state index contributed by atoms with van der Waals surface area (Å²) in [6.45, 7) is 0.586. The Balaban J connectivity index is 2.23. The van der Waals surface area contributed by atoms with Gasteiger partial charge >= 0.3 is 12.1 Å². The highest BCUT2D eigenvalue weighted by Crippen LogP contribution is 2.18. The van der Waals surface area contributed by atoms with Crippen LogP contribution in [0, 0.1) is 6.92 Å². The van der Waals surface area contributed by atoms with E-state index in [0.717, 1.165) is 5.56 Å². The number of benzene rings is 2. The molecule has 0 aliphatic heterocycles. The third kappa shape index (κ3) is 4.80. The minimum atomic E-state index is -4.34. The number of ether oxygens (including phenoxy) is 1. The van der Waals surface area contributed by atoms with Crippen LogP contribution in [0.4, 0.5) is 4.79 Å². The summed E-state index contributed by atoms with van der Waals surface area (Å²) in [7, 11) is -4.34. The number of amides is 1. The van der Waals surface area contributed by atoms with Crippen LogP contribution in [-0.2, 0) is 26.2 Å². The summed E-state index contributed by atoms with van der Waals surface area (Å²) in [6.07, 6.45) is -1.24. The summed E-state index contributed by atoms with van der Waals surface area (Å²) in [4.78, 5) is 23.0. The Morgan fingerprint density at radius 2 is 1.64 bits per heavy atom. The van der Waals surface area contributed by atoms with Gasteiger partial charge in [-0.2, -0.15) is 4.31 Å². The van der Waals surface area contributed by atoms with E-state index in [-0.39, 0.29) is 15.8 Å². The van der Waals surface area contributed by atoms with Gasteiger partial charge in [-0.05, 0) is 24.6 Å². The van der Waals surface area contributed by atoms with Crippen molar-refractivity contribution in [1.82, 2.24) is 4.31 Å². The molecule has 0 aliphatic rings. The molecule has 8 heteroatoms. The van der Waals surface area contributed by atoms with Gasteiger partial charge in [-0.3, -0.25) is 4.79 Å². The molecule has 132 valence electrons. The maximum absolute atomic E-state index is 12.6. The summed E-state index contributed by atoms with van der Waals surface area (Å²) in [5, 5.41) is 8.96. The molecule has 0 bridgehead atoms. The van der Waals surface area contributed by atoms with Crippen LogP contribution in [0.25, 0.3) is 0 Å². The predicted molar refractivity (Wildman–Crippen MR) is 89.3 cm³/mol. The Bertz CT molecular complexity index is 846. The Morgan fingerprint density at radius 3 is 2.20 bits per heavy atom. The number of aryl methyl sites for hydroxylation is 1. The quantitative estimate of drug-likeness (QED) is 0.846. The van der Waals surface area contributed by atoms with Crippen LogP contribution in [0.1, 0.15) is 11.1 Å².